The molecule has 0 saturated carbocycles. The van der Waals surface area contributed by atoms with Gasteiger partial charge in [-0.15, -0.1) is 0 Å². The van der Waals surface area contributed by atoms with Crippen molar-refractivity contribution in [3.63, 3.8) is 0 Å². The van der Waals surface area contributed by atoms with Crippen molar-refractivity contribution in [3.8, 4) is 0 Å². The van der Waals surface area contributed by atoms with Gasteiger partial charge in [0.25, 0.3) is 0 Å². The minimum atomic E-state index is 0.428. The Kier molecular flexibility index (Phi) is 5.07. The molecule has 1 aliphatic heterocycles. The van der Waals surface area contributed by atoms with Crippen LogP contribution in [-0.2, 0) is 0 Å². The lowest BCUT2D eigenvalue weighted by molar-refractivity contribution is 0.245. The second kappa shape index (κ2) is 5.86. The van der Waals surface area contributed by atoms with Gasteiger partial charge in [-0.05, 0) is 56.3 Å². The average molecular weight is 212 g/mol. The van der Waals surface area contributed by atoms with Gasteiger partial charge >= 0.3 is 0 Å². The summed E-state index contributed by atoms with van der Waals surface area (Å²) in [5.41, 5.74) is 0.428. The molecule has 90 valence electrons. The van der Waals surface area contributed by atoms with Crippen molar-refractivity contribution >= 4 is 0 Å². The third-order valence-electron chi connectivity index (χ3n) is 3.76. The molecule has 0 aromatic carbocycles. The van der Waals surface area contributed by atoms with E-state index in [2.05, 4.69) is 38.3 Å². The Hall–Kier alpha value is -0.0800. The van der Waals surface area contributed by atoms with Crippen LogP contribution < -0.4 is 10.6 Å². The molecule has 0 aromatic rings. The van der Waals surface area contributed by atoms with Crippen LogP contribution in [0.15, 0.2) is 0 Å². The van der Waals surface area contributed by atoms with Crippen molar-refractivity contribution in [2.24, 2.45) is 17.3 Å². The summed E-state index contributed by atoms with van der Waals surface area (Å²) < 4.78 is 0. The van der Waals surface area contributed by atoms with Crippen LogP contribution in [0.5, 0.6) is 0 Å². The Balaban J connectivity index is 2.10. The van der Waals surface area contributed by atoms with Crippen molar-refractivity contribution in [2.45, 2.75) is 40.5 Å². The number of nitrogens with one attached hydrogen (secondary N) is 2. The smallest absolute Gasteiger partial charge is 0.000825 e. The van der Waals surface area contributed by atoms with Crippen LogP contribution in [0.1, 0.15) is 40.5 Å². The van der Waals surface area contributed by atoms with E-state index in [-0.39, 0.29) is 0 Å². The molecular weight excluding hydrogens is 184 g/mol. The van der Waals surface area contributed by atoms with Crippen LogP contribution in [-0.4, -0.2) is 26.2 Å². The molecule has 1 aliphatic rings. The summed E-state index contributed by atoms with van der Waals surface area (Å²) in [7, 11) is 0. The predicted octanol–water partition coefficient (Wildman–Crippen LogP) is 2.26. The first-order valence-electron chi connectivity index (χ1n) is 6.41. The second-order valence-electron chi connectivity index (χ2n) is 6.14. The lowest BCUT2D eigenvalue weighted by Crippen LogP contribution is -2.38. The van der Waals surface area contributed by atoms with E-state index in [9.17, 15) is 0 Å². The van der Waals surface area contributed by atoms with Crippen LogP contribution in [0.3, 0.4) is 0 Å². The third kappa shape index (κ3) is 4.98. The van der Waals surface area contributed by atoms with Gasteiger partial charge in [0.05, 0.1) is 0 Å². The Morgan fingerprint density at radius 3 is 2.67 bits per heavy atom. The van der Waals surface area contributed by atoms with E-state index in [1.165, 1.54) is 32.5 Å². The SMILES string of the molecule is CC(CNCC1CCCNC1)C(C)(C)C. The zero-order chi connectivity index (χ0) is 11.3. The first-order chi connectivity index (χ1) is 7.00. The van der Waals surface area contributed by atoms with Crippen molar-refractivity contribution < 1.29 is 0 Å². The van der Waals surface area contributed by atoms with E-state index in [0.29, 0.717) is 5.41 Å². The van der Waals surface area contributed by atoms with Gasteiger partial charge in [0.2, 0.25) is 0 Å². The van der Waals surface area contributed by atoms with Crippen LogP contribution in [0.2, 0.25) is 0 Å². The standard InChI is InChI=1S/C13H28N2/c1-11(13(2,3)4)8-15-10-12-6-5-7-14-9-12/h11-12,14-15H,5-10H2,1-4H3. The predicted molar refractivity (Wildman–Crippen MR) is 67.1 cm³/mol. The van der Waals surface area contributed by atoms with E-state index in [1.807, 2.05) is 0 Å². The zero-order valence-electron chi connectivity index (χ0n) is 10.9. The molecule has 2 atom stereocenters. The zero-order valence-corrected chi connectivity index (χ0v) is 10.9. The highest BCUT2D eigenvalue weighted by molar-refractivity contribution is 4.75. The van der Waals surface area contributed by atoms with Gasteiger partial charge < -0.3 is 10.6 Å². The highest BCUT2D eigenvalue weighted by Crippen LogP contribution is 2.24. The Bertz CT molecular complexity index is 166. The maximum absolute atomic E-state index is 3.62. The van der Waals surface area contributed by atoms with Crippen LogP contribution in [0.4, 0.5) is 0 Å². The van der Waals surface area contributed by atoms with Crippen molar-refractivity contribution in [2.75, 3.05) is 26.2 Å². The normalized spacial score (nSPS) is 25.2. The van der Waals surface area contributed by atoms with Crippen molar-refractivity contribution in [1.82, 2.24) is 10.6 Å². The fraction of sp³-hybridized carbons (Fsp3) is 1.00. The van der Waals surface area contributed by atoms with Gasteiger partial charge in [-0.2, -0.15) is 0 Å². The van der Waals surface area contributed by atoms with E-state index in [4.69, 9.17) is 0 Å². The molecule has 2 unspecified atom stereocenters. The van der Waals surface area contributed by atoms with Crippen molar-refractivity contribution in [1.29, 1.82) is 0 Å². The summed E-state index contributed by atoms with van der Waals surface area (Å²) in [6.45, 7) is 14.1. The fourth-order valence-corrected chi connectivity index (χ4v) is 1.91. The second-order valence-corrected chi connectivity index (χ2v) is 6.14. The van der Waals surface area contributed by atoms with Gasteiger partial charge in [-0.3, -0.25) is 0 Å². The lowest BCUT2D eigenvalue weighted by Gasteiger charge is -2.29. The summed E-state index contributed by atoms with van der Waals surface area (Å²) in [4.78, 5) is 0. The first-order valence-corrected chi connectivity index (χ1v) is 6.41. The molecule has 0 aromatic heterocycles. The maximum atomic E-state index is 3.62. The summed E-state index contributed by atoms with van der Waals surface area (Å²) >= 11 is 0. The molecule has 0 radical (unpaired) electrons. The Morgan fingerprint density at radius 2 is 2.13 bits per heavy atom. The number of rotatable bonds is 4. The fourth-order valence-electron chi connectivity index (χ4n) is 1.91. The van der Waals surface area contributed by atoms with Gasteiger partial charge in [0.15, 0.2) is 0 Å². The number of hydrogen-bond acceptors (Lipinski definition) is 2. The molecule has 1 heterocycles. The van der Waals surface area contributed by atoms with Crippen molar-refractivity contribution in [3.05, 3.63) is 0 Å². The van der Waals surface area contributed by atoms with E-state index >= 15 is 0 Å². The highest BCUT2D eigenvalue weighted by atomic mass is 14.9. The minimum Gasteiger partial charge on any atom is -0.316 e. The number of piperidine rings is 1. The molecular formula is C13H28N2. The third-order valence-corrected chi connectivity index (χ3v) is 3.76. The maximum Gasteiger partial charge on any atom is -0.000825 e. The lowest BCUT2D eigenvalue weighted by atomic mass is 9.82. The van der Waals surface area contributed by atoms with Crippen LogP contribution in [0, 0.1) is 17.3 Å². The molecule has 0 amide bonds. The summed E-state index contributed by atoms with van der Waals surface area (Å²) in [6, 6.07) is 0. The molecule has 0 bridgehead atoms. The van der Waals surface area contributed by atoms with E-state index in [1.54, 1.807) is 0 Å². The van der Waals surface area contributed by atoms with Gasteiger partial charge in [0.1, 0.15) is 0 Å². The summed E-state index contributed by atoms with van der Waals surface area (Å²) in [5, 5.41) is 7.08. The molecule has 1 saturated heterocycles. The highest BCUT2D eigenvalue weighted by Gasteiger charge is 2.20. The van der Waals surface area contributed by atoms with Crippen LogP contribution in [0.25, 0.3) is 0 Å². The topological polar surface area (TPSA) is 24.1 Å². The molecule has 0 spiro atoms. The number of hydrogen-bond donors (Lipinski definition) is 2. The average Bonchev–Trinajstić information content (AvgIpc) is 2.18. The molecule has 1 rings (SSSR count). The van der Waals surface area contributed by atoms with Gasteiger partial charge in [-0.1, -0.05) is 27.7 Å². The Labute approximate surface area is 95.2 Å². The van der Waals surface area contributed by atoms with E-state index < -0.39 is 0 Å². The molecule has 2 heteroatoms. The summed E-state index contributed by atoms with van der Waals surface area (Å²) in [6.07, 6.45) is 2.74. The largest absolute Gasteiger partial charge is 0.316 e. The molecule has 2 nitrogen and oxygen atoms in total. The van der Waals surface area contributed by atoms with E-state index in [0.717, 1.165) is 18.4 Å². The Morgan fingerprint density at radius 1 is 1.40 bits per heavy atom. The monoisotopic (exact) mass is 212 g/mol. The molecule has 0 aliphatic carbocycles. The molecule has 2 N–H and O–H groups in total. The molecule has 15 heavy (non-hydrogen) atoms. The quantitative estimate of drug-likeness (QED) is 0.747. The summed E-state index contributed by atoms with van der Waals surface area (Å²) in [5.74, 6) is 1.60. The van der Waals surface area contributed by atoms with Crippen LogP contribution >= 0.6 is 0 Å². The van der Waals surface area contributed by atoms with Gasteiger partial charge in [-0.25, -0.2) is 0 Å². The minimum absolute atomic E-state index is 0.428. The molecule has 1 fully saturated rings. The first kappa shape index (κ1) is 13.0. The van der Waals surface area contributed by atoms with Gasteiger partial charge in [0, 0.05) is 0 Å².